The second-order valence-corrected chi connectivity index (χ2v) is 18.5. The molecule has 3 aliphatic heterocycles. The molecular formula is C56H54BN3. The van der Waals surface area contributed by atoms with Crippen LogP contribution < -0.4 is 31.1 Å². The van der Waals surface area contributed by atoms with Crippen molar-refractivity contribution in [1.29, 1.82) is 0 Å². The highest BCUT2D eigenvalue weighted by Crippen LogP contribution is 2.55. The Hall–Kier alpha value is -5.74. The SMILES string of the molecule is CC(C1=CC=CCC1)(c1cc2c3c(c1)N1c4c(cccc4C4CCC=CC41)B3c1ccc(N(C3=CC=CCC3)c3ccccc3)cc1N2C1=CC=CCC1)C1CC=CCC1. The Balaban J connectivity index is 1.15. The van der Waals surface area contributed by atoms with E-state index in [4.69, 9.17) is 0 Å². The van der Waals surface area contributed by atoms with Gasteiger partial charge in [0.15, 0.2) is 0 Å². The van der Waals surface area contributed by atoms with Crippen molar-refractivity contribution < 1.29 is 0 Å². The van der Waals surface area contributed by atoms with Gasteiger partial charge in [0.1, 0.15) is 0 Å². The molecule has 296 valence electrons. The summed E-state index contributed by atoms with van der Waals surface area (Å²) >= 11 is 0. The van der Waals surface area contributed by atoms with E-state index in [1.165, 1.54) is 80.3 Å². The van der Waals surface area contributed by atoms with Crippen LogP contribution in [0.1, 0.15) is 94.6 Å². The van der Waals surface area contributed by atoms with Gasteiger partial charge in [0.05, 0.1) is 6.04 Å². The van der Waals surface area contributed by atoms with Crippen molar-refractivity contribution in [2.75, 3.05) is 14.7 Å². The van der Waals surface area contributed by atoms with Crippen molar-refractivity contribution in [2.24, 2.45) is 5.92 Å². The van der Waals surface area contributed by atoms with Crippen molar-refractivity contribution in [1.82, 2.24) is 0 Å². The second-order valence-electron chi connectivity index (χ2n) is 18.5. The summed E-state index contributed by atoms with van der Waals surface area (Å²) in [7, 11) is 0. The van der Waals surface area contributed by atoms with E-state index in [1.807, 2.05) is 0 Å². The van der Waals surface area contributed by atoms with Gasteiger partial charge in [-0.1, -0.05) is 122 Å². The lowest BCUT2D eigenvalue weighted by molar-refractivity contribution is 0.307. The highest BCUT2D eigenvalue weighted by molar-refractivity contribution is 7.00. The predicted molar refractivity (Wildman–Crippen MR) is 255 cm³/mol. The fraction of sp³-hybridized carbons (Fsp3) is 0.286. The molecular weight excluding hydrogens is 725 g/mol. The normalized spacial score (nSPS) is 23.9. The molecule has 0 bridgehead atoms. The monoisotopic (exact) mass is 779 g/mol. The Labute approximate surface area is 357 Å². The molecule has 4 heteroatoms. The van der Waals surface area contributed by atoms with Crippen LogP contribution in [0.3, 0.4) is 0 Å². The minimum Gasteiger partial charge on any atom is -0.334 e. The minimum absolute atomic E-state index is 0.0996. The summed E-state index contributed by atoms with van der Waals surface area (Å²) in [5.74, 6) is 1.05. The number of benzene rings is 4. The maximum absolute atomic E-state index is 2.83. The topological polar surface area (TPSA) is 9.72 Å². The first-order valence-corrected chi connectivity index (χ1v) is 23.0. The van der Waals surface area contributed by atoms with Crippen LogP contribution in [0.25, 0.3) is 0 Å². The highest BCUT2D eigenvalue weighted by Gasteiger charge is 2.51. The lowest BCUT2D eigenvalue weighted by Crippen LogP contribution is -2.62. The van der Waals surface area contributed by atoms with Gasteiger partial charge >= 0.3 is 0 Å². The van der Waals surface area contributed by atoms with E-state index in [9.17, 15) is 0 Å². The Bertz CT molecular complexity index is 2650. The Kier molecular flexibility index (Phi) is 8.72. The van der Waals surface area contributed by atoms with Gasteiger partial charge < -0.3 is 14.7 Å². The van der Waals surface area contributed by atoms with Gasteiger partial charge in [-0.15, -0.1) is 0 Å². The number of para-hydroxylation sites is 2. The van der Waals surface area contributed by atoms with Crippen molar-refractivity contribution in [3.05, 3.63) is 186 Å². The third-order valence-corrected chi connectivity index (χ3v) is 15.4. The number of allylic oxidation sites excluding steroid dienone is 15. The molecule has 0 aromatic heterocycles. The Morgan fingerprint density at radius 3 is 2.25 bits per heavy atom. The first-order chi connectivity index (χ1) is 29.7. The lowest BCUT2D eigenvalue weighted by Gasteiger charge is -2.48. The van der Waals surface area contributed by atoms with E-state index >= 15 is 0 Å². The summed E-state index contributed by atoms with van der Waals surface area (Å²) < 4.78 is 0. The molecule has 0 radical (unpaired) electrons. The fourth-order valence-electron chi connectivity index (χ4n) is 12.5. The molecule has 12 rings (SSSR count). The van der Waals surface area contributed by atoms with Gasteiger partial charge in [0.25, 0.3) is 6.71 Å². The maximum atomic E-state index is 2.83. The molecule has 0 spiro atoms. The molecule has 4 atom stereocenters. The molecule has 3 nitrogen and oxygen atoms in total. The van der Waals surface area contributed by atoms with Gasteiger partial charge in [0, 0.05) is 56.9 Å². The summed E-state index contributed by atoms with van der Waals surface area (Å²) in [5, 5.41) is 0. The van der Waals surface area contributed by atoms with E-state index in [2.05, 4.69) is 179 Å². The molecule has 60 heavy (non-hydrogen) atoms. The molecule has 0 saturated heterocycles. The van der Waals surface area contributed by atoms with Gasteiger partial charge in [-0.05, 0) is 153 Å². The van der Waals surface area contributed by atoms with Crippen LogP contribution in [0.2, 0.25) is 0 Å². The zero-order valence-corrected chi connectivity index (χ0v) is 34.9. The number of rotatable bonds is 7. The van der Waals surface area contributed by atoms with Gasteiger partial charge in [-0.25, -0.2) is 0 Å². The average Bonchev–Trinajstić information content (AvgIpc) is 3.66. The molecule has 0 N–H and O–H groups in total. The number of fused-ring (bicyclic) bond motifs is 7. The van der Waals surface area contributed by atoms with Crippen LogP contribution >= 0.6 is 0 Å². The fourth-order valence-corrected chi connectivity index (χ4v) is 12.5. The number of anilines is 6. The smallest absolute Gasteiger partial charge is 0.252 e. The lowest BCUT2D eigenvalue weighted by atomic mass is 9.33. The van der Waals surface area contributed by atoms with E-state index in [0.717, 1.165) is 57.8 Å². The first kappa shape index (κ1) is 36.1. The van der Waals surface area contributed by atoms with Crippen LogP contribution in [-0.2, 0) is 5.41 Å². The van der Waals surface area contributed by atoms with Gasteiger partial charge in [0.2, 0.25) is 0 Å². The van der Waals surface area contributed by atoms with Crippen molar-refractivity contribution in [2.45, 2.75) is 94.9 Å². The molecule has 0 fully saturated rings. The van der Waals surface area contributed by atoms with Crippen LogP contribution in [0.4, 0.5) is 34.1 Å². The molecule has 4 unspecified atom stereocenters. The third-order valence-electron chi connectivity index (χ3n) is 15.4. The highest BCUT2D eigenvalue weighted by atomic mass is 15.2. The molecule has 4 aromatic rings. The average molecular weight is 780 g/mol. The summed E-state index contributed by atoms with van der Waals surface area (Å²) in [4.78, 5) is 8.08. The Morgan fingerprint density at radius 1 is 0.650 bits per heavy atom. The van der Waals surface area contributed by atoms with Crippen LogP contribution in [0.5, 0.6) is 0 Å². The molecule has 4 aromatic carbocycles. The van der Waals surface area contributed by atoms with Crippen molar-refractivity contribution >= 4 is 57.2 Å². The van der Waals surface area contributed by atoms with E-state index in [-0.39, 0.29) is 12.1 Å². The van der Waals surface area contributed by atoms with Crippen LogP contribution in [-0.4, -0.2) is 12.8 Å². The van der Waals surface area contributed by atoms with Crippen molar-refractivity contribution in [3.63, 3.8) is 0 Å². The Morgan fingerprint density at radius 2 is 1.47 bits per heavy atom. The molecule has 5 aliphatic carbocycles. The first-order valence-electron chi connectivity index (χ1n) is 23.0. The van der Waals surface area contributed by atoms with E-state index < -0.39 is 0 Å². The maximum Gasteiger partial charge on any atom is 0.252 e. The molecule has 8 aliphatic rings. The summed E-state index contributed by atoms with van der Waals surface area (Å²) in [6.45, 7) is 2.76. The number of hydrogen-bond acceptors (Lipinski definition) is 3. The summed E-state index contributed by atoms with van der Waals surface area (Å²) in [6.07, 6.45) is 43.3. The second kappa shape index (κ2) is 14.5. The van der Waals surface area contributed by atoms with Crippen LogP contribution in [0, 0.1) is 5.92 Å². The largest absolute Gasteiger partial charge is 0.334 e. The standard InChI is InChI=1S/C56H54BN3/c1-56(39-20-7-2-8-21-39,40-22-9-3-10-23-40)41-36-52-54-53(37-41)60-50-33-18-17-30-46(50)47-31-19-32-49(55(47)60)57(54)48-35-34-45(38-51(48)59(52)44-28-15-6-16-29-44)58(42-24-11-4-12-25-42)43-26-13-5-14-27-43/h2-7,9,11-13,15,18-20,24-26,28,31-38,40,46,50H,8,10,14,16-17,21-23,27,29-30H2,1H3. The number of nitrogens with zero attached hydrogens (tertiary/aromatic N) is 3. The third kappa shape index (κ3) is 5.48. The zero-order valence-electron chi connectivity index (χ0n) is 34.9. The molecule has 3 heterocycles. The van der Waals surface area contributed by atoms with Crippen LogP contribution in [0.15, 0.2) is 175 Å². The zero-order chi connectivity index (χ0) is 39.8. The number of hydrogen-bond donors (Lipinski definition) is 0. The van der Waals surface area contributed by atoms with Crippen molar-refractivity contribution in [3.8, 4) is 0 Å². The van der Waals surface area contributed by atoms with Gasteiger partial charge in [-0.3, -0.25) is 0 Å². The summed E-state index contributed by atoms with van der Waals surface area (Å²) in [6, 6.07) is 31.6. The molecule has 0 saturated carbocycles. The van der Waals surface area contributed by atoms with E-state index in [0.29, 0.717) is 17.9 Å². The summed E-state index contributed by atoms with van der Waals surface area (Å²) in [5.41, 5.74) is 19.7. The minimum atomic E-state index is -0.0996. The quantitative estimate of drug-likeness (QED) is 0.137. The van der Waals surface area contributed by atoms with Gasteiger partial charge in [-0.2, -0.15) is 0 Å². The predicted octanol–water partition coefficient (Wildman–Crippen LogP) is 12.4. The molecule has 0 amide bonds. The van der Waals surface area contributed by atoms with E-state index in [1.54, 1.807) is 11.1 Å².